The molecule has 0 spiro atoms. The quantitative estimate of drug-likeness (QED) is 0.535. The first-order chi connectivity index (χ1) is 11.9. The standard InChI is InChI=1S/C19H20ClNO3S/c1-3-21(4-2)25(23,24)18-11-9-16(10-12-18)19(22)13-8-15-6-5-7-17(20)14-15/h5-14H,3-4H2,1-2H3/b13-8+. The van der Waals surface area contributed by atoms with Gasteiger partial charge >= 0.3 is 0 Å². The van der Waals surface area contributed by atoms with Crippen molar-refractivity contribution in [2.24, 2.45) is 0 Å². The Hall–Kier alpha value is -1.95. The van der Waals surface area contributed by atoms with Gasteiger partial charge in [0.15, 0.2) is 5.78 Å². The van der Waals surface area contributed by atoms with E-state index in [0.29, 0.717) is 23.7 Å². The second-order valence-electron chi connectivity index (χ2n) is 5.37. The SMILES string of the molecule is CCN(CC)S(=O)(=O)c1ccc(C(=O)/C=C/c2cccc(Cl)c2)cc1. The maximum atomic E-state index is 12.4. The molecule has 0 fully saturated rings. The number of carbonyl (C=O) groups excluding carboxylic acids is 1. The molecule has 0 unspecified atom stereocenters. The molecule has 0 amide bonds. The van der Waals surface area contributed by atoms with Crippen LogP contribution in [0.4, 0.5) is 0 Å². The first-order valence-electron chi connectivity index (χ1n) is 7.96. The van der Waals surface area contributed by atoms with Crippen molar-refractivity contribution in [3.63, 3.8) is 0 Å². The Kier molecular flexibility index (Phi) is 6.53. The summed E-state index contributed by atoms with van der Waals surface area (Å²) in [6.07, 6.45) is 3.12. The van der Waals surface area contributed by atoms with Crippen LogP contribution in [0.3, 0.4) is 0 Å². The van der Waals surface area contributed by atoms with Gasteiger partial charge in [-0.25, -0.2) is 8.42 Å². The van der Waals surface area contributed by atoms with Crippen molar-refractivity contribution in [2.75, 3.05) is 13.1 Å². The summed E-state index contributed by atoms with van der Waals surface area (Å²) in [5.74, 6) is -0.202. The highest BCUT2D eigenvalue weighted by atomic mass is 35.5. The third-order valence-corrected chi connectivity index (χ3v) is 6.06. The number of benzene rings is 2. The number of carbonyl (C=O) groups is 1. The summed E-state index contributed by atoms with van der Waals surface area (Å²) in [5, 5.41) is 0.598. The summed E-state index contributed by atoms with van der Waals surface area (Å²) in [5.41, 5.74) is 1.25. The smallest absolute Gasteiger partial charge is 0.243 e. The van der Waals surface area contributed by atoms with Crippen molar-refractivity contribution in [1.29, 1.82) is 0 Å². The number of halogens is 1. The maximum Gasteiger partial charge on any atom is 0.243 e. The molecule has 4 nitrogen and oxygen atoms in total. The lowest BCUT2D eigenvalue weighted by molar-refractivity contribution is 0.104. The van der Waals surface area contributed by atoms with E-state index >= 15 is 0 Å². The third-order valence-electron chi connectivity index (χ3n) is 3.76. The molecular formula is C19H20ClNO3S. The molecular weight excluding hydrogens is 358 g/mol. The molecule has 0 saturated heterocycles. The number of rotatable bonds is 7. The Bertz CT molecular complexity index is 870. The molecule has 0 aromatic heterocycles. The molecule has 132 valence electrons. The minimum Gasteiger partial charge on any atom is -0.289 e. The van der Waals surface area contributed by atoms with E-state index in [1.54, 1.807) is 38.1 Å². The lowest BCUT2D eigenvalue weighted by atomic mass is 10.1. The molecule has 0 N–H and O–H groups in total. The average molecular weight is 378 g/mol. The van der Waals surface area contributed by atoms with Gasteiger partial charge in [0.2, 0.25) is 10.0 Å². The fourth-order valence-electron chi connectivity index (χ4n) is 2.38. The van der Waals surface area contributed by atoms with Gasteiger partial charge in [0.25, 0.3) is 0 Å². The lowest BCUT2D eigenvalue weighted by Crippen LogP contribution is -2.30. The van der Waals surface area contributed by atoms with E-state index < -0.39 is 10.0 Å². The Balaban J connectivity index is 2.18. The molecule has 0 aliphatic rings. The molecule has 0 aliphatic carbocycles. The van der Waals surface area contributed by atoms with Crippen molar-refractivity contribution in [3.05, 3.63) is 70.8 Å². The molecule has 0 bridgehead atoms. The zero-order valence-corrected chi connectivity index (χ0v) is 15.7. The van der Waals surface area contributed by atoms with Gasteiger partial charge in [-0.1, -0.05) is 43.7 Å². The van der Waals surface area contributed by atoms with Crippen molar-refractivity contribution in [2.45, 2.75) is 18.7 Å². The predicted molar refractivity (Wildman–Crippen MR) is 101 cm³/mol. The molecule has 0 saturated carbocycles. The first kappa shape index (κ1) is 19.4. The van der Waals surface area contributed by atoms with Crippen LogP contribution in [0, 0.1) is 0 Å². The number of hydrogen-bond acceptors (Lipinski definition) is 3. The summed E-state index contributed by atoms with van der Waals surface area (Å²) in [4.78, 5) is 12.4. The topological polar surface area (TPSA) is 54.5 Å². The Labute approximate surface area is 153 Å². The van der Waals surface area contributed by atoms with Crippen molar-refractivity contribution in [3.8, 4) is 0 Å². The van der Waals surface area contributed by atoms with Crippen LogP contribution < -0.4 is 0 Å². The van der Waals surface area contributed by atoms with Gasteiger partial charge in [0.05, 0.1) is 4.90 Å². The molecule has 6 heteroatoms. The van der Waals surface area contributed by atoms with Gasteiger partial charge in [-0.2, -0.15) is 4.31 Å². The van der Waals surface area contributed by atoms with Crippen molar-refractivity contribution in [1.82, 2.24) is 4.31 Å². The zero-order valence-electron chi connectivity index (χ0n) is 14.1. The normalized spacial score (nSPS) is 12.0. The Morgan fingerprint density at radius 3 is 2.28 bits per heavy atom. The van der Waals surface area contributed by atoms with E-state index in [1.165, 1.54) is 34.6 Å². The first-order valence-corrected chi connectivity index (χ1v) is 9.78. The van der Waals surface area contributed by atoms with Crippen LogP contribution in [0.2, 0.25) is 5.02 Å². The summed E-state index contributed by atoms with van der Waals surface area (Å²) >= 11 is 5.91. The fourth-order valence-corrected chi connectivity index (χ4v) is 4.04. The van der Waals surface area contributed by atoms with E-state index in [9.17, 15) is 13.2 Å². The second kappa shape index (κ2) is 8.43. The number of nitrogens with zero attached hydrogens (tertiary/aromatic N) is 1. The lowest BCUT2D eigenvalue weighted by Gasteiger charge is -2.18. The molecule has 0 atom stereocenters. The molecule has 2 aromatic rings. The second-order valence-corrected chi connectivity index (χ2v) is 7.74. The van der Waals surface area contributed by atoms with Crippen molar-refractivity contribution < 1.29 is 13.2 Å². The van der Waals surface area contributed by atoms with E-state index in [4.69, 9.17) is 11.6 Å². The Morgan fingerprint density at radius 1 is 1.08 bits per heavy atom. The maximum absolute atomic E-state index is 12.4. The van der Waals surface area contributed by atoms with Gasteiger partial charge < -0.3 is 0 Å². The van der Waals surface area contributed by atoms with E-state index in [1.807, 2.05) is 6.07 Å². The average Bonchev–Trinajstić information content (AvgIpc) is 2.60. The summed E-state index contributed by atoms with van der Waals surface area (Å²) < 4.78 is 26.2. The third kappa shape index (κ3) is 4.78. The van der Waals surface area contributed by atoms with E-state index in [2.05, 4.69) is 0 Å². The summed E-state index contributed by atoms with van der Waals surface area (Å²) in [7, 11) is -3.51. The van der Waals surface area contributed by atoms with Gasteiger partial charge in [0.1, 0.15) is 0 Å². The van der Waals surface area contributed by atoms with Crippen LogP contribution in [0.15, 0.2) is 59.5 Å². The fraction of sp³-hybridized carbons (Fsp3) is 0.211. The number of hydrogen-bond donors (Lipinski definition) is 0. The van der Waals surface area contributed by atoms with Crippen LogP contribution in [0.5, 0.6) is 0 Å². The van der Waals surface area contributed by atoms with Crippen LogP contribution in [-0.4, -0.2) is 31.6 Å². The van der Waals surface area contributed by atoms with Crippen LogP contribution in [0.25, 0.3) is 6.08 Å². The highest BCUT2D eigenvalue weighted by molar-refractivity contribution is 7.89. The van der Waals surface area contributed by atoms with Crippen LogP contribution in [-0.2, 0) is 10.0 Å². The Morgan fingerprint density at radius 2 is 1.72 bits per heavy atom. The summed E-state index contributed by atoms with van der Waals surface area (Å²) in [6, 6.07) is 13.2. The minimum atomic E-state index is -3.51. The van der Waals surface area contributed by atoms with E-state index in [0.717, 1.165) is 5.56 Å². The molecule has 0 radical (unpaired) electrons. The molecule has 0 aliphatic heterocycles. The number of sulfonamides is 1. The number of ketones is 1. The molecule has 2 rings (SSSR count). The highest BCUT2D eigenvalue weighted by Gasteiger charge is 2.21. The molecule has 25 heavy (non-hydrogen) atoms. The van der Waals surface area contributed by atoms with Gasteiger partial charge in [-0.3, -0.25) is 4.79 Å². The monoisotopic (exact) mass is 377 g/mol. The number of allylic oxidation sites excluding steroid dienone is 1. The van der Waals surface area contributed by atoms with Crippen LogP contribution in [0.1, 0.15) is 29.8 Å². The highest BCUT2D eigenvalue weighted by Crippen LogP contribution is 2.17. The minimum absolute atomic E-state index is 0.187. The van der Waals surface area contributed by atoms with Crippen molar-refractivity contribution >= 4 is 33.5 Å². The van der Waals surface area contributed by atoms with Crippen LogP contribution >= 0.6 is 11.6 Å². The van der Waals surface area contributed by atoms with Gasteiger partial charge in [-0.15, -0.1) is 0 Å². The van der Waals surface area contributed by atoms with Gasteiger partial charge in [0, 0.05) is 23.7 Å². The molecule has 2 aromatic carbocycles. The molecule has 0 heterocycles. The predicted octanol–water partition coefficient (Wildman–Crippen LogP) is 4.27. The van der Waals surface area contributed by atoms with Gasteiger partial charge in [-0.05, 0) is 48.0 Å². The zero-order chi connectivity index (χ0) is 18.4. The van der Waals surface area contributed by atoms with E-state index in [-0.39, 0.29) is 10.7 Å². The largest absolute Gasteiger partial charge is 0.289 e. The summed E-state index contributed by atoms with van der Waals surface area (Å²) in [6.45, 7) is 4.39.